The quantitative estimate of drug-likeness (QED) is 0.771. The minimum atomic E-state index is -0.121. The van der Waals surface area contributed by atoms with Crippen molar-refractivity contribution in [1.82, 2.24) is 29.9 Å². The maximum Gasteiger partial charge on any atom is 0.276 e. The molecule has 0 aliphatic carbocycles. The fraction of sp³-hybridized carbons (Fsp3) is 0.188. The fourth-order valence-electron chi connectivity index (χ4n) is 2.50. The molecule has 1 aliphatic rings. The molecule has 24 heavy (non-hydrogen) atoms. The first-order valence-electron chi connectivity index (χ1n) is 7.60. The highest BCUT2D eigenvalue weighted by Gasteiger charge is 2.32. The zero-order chi connectivity index (χ0) is 16.4. The van der Waals surface area contributed by atoms with Crippen LogP contribution in [0.5, 0.6) is 0 Å². The first-order chi connectivity index (χ1) is 11.8. The van der Waals surface area contributed by atoms with Gasteiger partial charge in [-0.3, -0.25) is 4.79 Å². The van der Waals surface area contributed by atoms with E-state index in [0.29, 0.717) is 24.7 Å². The van der Waals surface area contributed by atoms with E-state index in [-0.39, 0.29) is 11.9 Å². The molecule has 1 aliphatic heterocycles. The summed E-state index contributed by atoms with van der Waals surface area (Å²) in [7, 11) is 0. The molecular formula is C16H15N7O. The highest BCUT2D eigenvalue weighted by molar-refractivity contribution is 5.92. The standard InChI is InChI=1S/C16H15N7O/c24-15(14-9-19-23(21-14)13-5-2-1-3-6-13)22-10-12(11-22)20-16-17-7-4-8-18-16/h1-9,12H,10-11H2,(H,17,18,20). The third-order valence-corrected chi connectivity index (χ3v) is 3.77. The SMILES string of the molecule is O=C(c1cnn(-c2ccccc2)n1)N1CC(Nc2ncccn2)C1. The van der Waals surface area contributed by atoms with Crippen molar-refractivity contribution in [2.45, 2.75) is 6.04 Å². The van der Waals surface area contributed by atoms with Gasteiger partial charge in [-0.25, -0.2) is 9.97 Å². The highest BCUT2D eigenvalue weighted by Crippen LogP contribution is 2.15. The van der Waals surface area contributed by atoms with E-state index in [4.69, 9.17) is 0 Å². The Bertz CT molecular complexity index is 828. The molecule has 0 unspecified atom stereocenters. The molecule has 1 amide bonds. The van der Waals surface area contributed by atoms with Crippen molar-refractivity contribution < 1.29 is 4.79 Å². The van der Waals surface area contributed by atoms with Gasteiger partial charge in [-0.1, -0.05) is 18.2 Å². The van der Waals surface area contributed by atoms with Crippen molar-refractivity contribution in [2.24, 2.45) is 0 Å². The van der Waals surface area contributed by atoms with Crippen LogP contribution >= 0.6 is 0 Å². The van der Waals surface area contributed by atoms with E-state index in [1.54, 1.807) is 23.4 Å². The van der Waals surface area contributed by atoms with E-state index in [1.807, 2.05) is 30.3 Å². The van der Waals surface area contributed by atoms with Crippen molar-refractivity contribution in [3.8, 4) is 5.69 Å². The maximum atomic E-state index is 12.4. The average molecular weight is 321 g/mol. The van der Waals surface area contributed by atoms with Gasteiger partial charge in [0.1, 0.15) is 0 Å². The molecule has 0 saturated carbocycles. The smallest absolute Gasteiger partial charge is 0.276 e. The van der Waals surface area contributed by atoms with Gasteiger partial charge in [0.05, 0.1) is 17.9 Å². The Hall–Kier alpha value is -3.29. The maximum absolute atomic E-state index is 12.4. The van der Waals surface area contributed by atoms with Crippen LogP contribution in [0.1, 0.15) is 10.5 Å². The van der Waals surface area contributed by atoms with E-state index in [0.717, 1.165) is 5.69 Å². The minimum Gasteiger partial charge on any atom is -0.348 e. The molecule has 1 fully saturated rings. The van der Waals surface area contributed by atoms with E-state index in [9.17, 15) is 4.79 Å². The number of amides is 1. The zero-order valence-corrected chi connectivity index (χ0v) is 12.8. The number of nitrogens with one attached hydrogen (secondary N) is 1. The van der Waals surface area contributed by atoms with E-state index in [1.165, 1.54) is 11.0 Å². The number of anilines is 1. The normalized spacial score (nSPS) is 14.2. The van der Waals surface area contributed by atoms with Gasteiger partial charge < -0.3 is 10.2 Å². The Morgan fingerprint density at radius 2 is 1.83 bits per heavy atom. The number of hydrogen-bond donors (Lipinski definition) is 1. The number of carbonyl (C=O) groups excluding carboxylic acids is 1. The van der Waals surface area contributed by atoms with Gasteiger partial charge in [0, 0.05) is 25.5 Å². The van der Waals surface area contributed by atoms with E-state index in [2.05, 4.69) is 25.5 Å². The van der Waals surface area contributed by atoms with Crippen LogP contribution < -0.4 is 5.32 Å². The molecule has 8 heteroatoms. The Balaban J connectivity index is 1.37. The minimum absolute atomic E-state index is 0.121. The molecule has 2 aromatic heterocycles. The summed E-state index contributed by atoms with van der Waals surface area (Å²) in [5, 5.41) is 11.6. The molecular weight excluding hydrogens is 306 g/mol. The number of hydrogen-bond acceptors (Lipinski definition) is 6. The van der Waals surface area contributed by atoms with Crippen molar-refractivity contribution in [2.75, 3.05) is 18.4 Å². The Kier molecular flexibility index (Phi) is 3.62. The predicted molar refractivity (Wildman–Crippen MR) is 86.7 cm³/mol. The van der Waals surface area contributed by atoms with Crippen molar-refractivity contribution in [3.05, 3.63) is 60.7 Å². The summed E-state index contributed by atoms with van der Waals surface area (Å²) in [6.45, 7) is 1.19. The lowest BCUT2D eigenvalue weighted by molar-refractivity contribution is 0.0618. The summed E-state index contributed by atoms with van der Waals surface area (Å²) < 4.78 is 0. The van der Waals surface area contributed by atoms with E-state index < -0.39 is 0 Å². The van der Waals surface area contributed by atoms with Crippen LogP contribution in [0.3, 0.4) is 0 Å². The van der Waals surface area contributed by atoms with Crippen molar-refractivity contribution in [1.29, 1.82) is 0 Å². The van der Waals surface area contributed by atoms with Crippen LogP contribution in [0.25, 0.3) is 5.69 Å². The van der Waals surface area contributed by atoms with Crippen LogP contribution in [-0.4, -0.2) is 54.9 Å². The van der Waals surface area contributed by atoms with Gasteiger partial charge in [-0.15, -0.1) is 5.10 Å². The summed E-state index contributed by atoms with van der Waals surface area (Å²) in [5.41, 5.74) is 1.16. The molecule has 1 N–H and O–H groups in total. The molecule has 3 heterocycles. The van der Waals surface area contributed by atoms with Crippen molar-refractivity contribution in [3.63, 3.8) is 0 Å². The van der Waals surface area contributed by atoms with Crippen LogP contribution in [0.4, 0.5) is 5.95 Å². The van der Waals surface area contributed by atoms with Crippen LogP contribution in [0.2, 0.25) is 0 Å². The number of nitrogens with zero attached hydrogens (tertiary/aromatic N) is 6. The second kappa shape index (κ2) is 6.07. The van der Waals surface area contributed by atoms with Gasteiger partial charge in [0.25, 0.3) is 5.91 Å². The summed E-state index contributed by atoms with van der Waals surface area (Å²) in [5.74, 6) is 0.453. The number of likely N-dealkylation sites (tertiary alicyclic amines) is 1. The molecule has 3 aromatic rings. The molecule has 0 bridgehead atoms. The third-order valence-electron chi connectivity index (χ3n) is 3.77. The fourth-order valence-corrected chi connectivity index (χ4v) is 2.50. The Morgan fingerprint density at radius 1 is 1.08 bits per heavy atom. The number of carbonyl (C=O) groups is 1. The summed E-state index contributed by atoms with van der Waals surface area (Å²) in [6.07, 6.45) is 4.86. The van der Waals surface area contributed by atoms with Crippen molar-refractivity contribution >= 4 is 11.9 Å². The Morgan fingerprint density at radius 3 is 2.58 bits per heavy atom. The summed E-state index contributed by atoms with van der Waals surface area (Å²) in [4.78, 5) is 23.8. The topological polar surface area (TPSA) is 88.8 Å². The second-order valence-corrected chi connectivity index (χ2v) is 5.48. The molecule has 4 rings (SSSR count). The molecule has 8 nitrogen and oxygen atoms in total. The molecule has 1 aromatic carbocycles. The van der Waals surface area contributed by atoms with Gasteiger partial charge in [-0.2, -0.15) is 9.90 Å². The number of para-hydroxylation sites is 1. The number of benzene rings is 1. The monoisotopic (exact) mass is 321 g/mol. The van der Waals surface area contributed by atoms with Gasteiger partial charge in [0.2, 0.25) is 5.95 Å². The summed E-state index contributed by atoms with van der Waals surface area (Å²) in [6, 6.07) is 11.4. The van der Waals surface area contributed by atoms with Crippen LogP contribution in [0.15, 0.2) is 55.0 Å². The highest BCUT2D eigenvalue weighted by atomic mass is 16.2. The molecule has 0 radical (unpaired) electrons. The van der Waals surface area contributed by atoms with Crippen LogP contribution in [-0.2, 0) is 0 Å². The molecule has 0 atom stereocenters. The van der Waals surface area contributed by atoms with Gasteiger partial charge in [0.15, 0.2) is 5.69 Å². The first-order valence-corrected chi connectivity index (χ1v) is 7.60. The molecule has 0 spiro atoms. The summed E-state index contributed by atoms with van der Waals surface area (Å²) >= 11 is 0. The van der Waals surface area contributed by atoms with Gasteiger partial charge in [-0.05, 0) is 18.2 Å². The first kappa shape index (κ1) is 14.3. The molecule has 1 saturated heterocycles. The predicted octanol–water partition coefficient (Wildman–Crippen LogP) is 0.994. The number of aromatic nitrogens is 5. The largest absolute Gasteiger partial charge is 0.348 e. The Labute approximate surface area is 138 Å². The van der Waals surface area contributed by atoms with Gasteiger partial charge >= 0.3 is 0 Å². The van der Waals surface area contributed by atoms with Crippen LogP contribution in [0, 0.1) is 0 Å². The third kappa shape index (κ3) is 2.81. The zero-order valence-electron chi connectivity index (χ0n) is 12.8. The number of rotatable bonds is 4. The lowest BCUT2D eigenvalue weighted by atomic mass is 10.1. The average Bonchev–Trinajstić information content (AvgIpc) is 3.09. The lowest BCUT2D eigenvalue weighted by Crippen LogP contribution is -2.57. The lowest BCUT2D eigenvalue weighted by Gasteiger charge is -2.38. The molecule has 120 valence electrons. The second-order valence-electron chi connectivity index (χ2n) is 5.48. The van der Waals surface area contributed by atoms with E-state index >= 15 is 0 Å².